The van der Waals surface area contributed by atoms with Gasteiger partial charge in [-0.15, -0.1) is 22.8 Å². The summed E-state index contributed by atoms with van der Waals surface area (Å²) in [4.78, 5) is 11.2. The molecule has 0 fully saturated rings. The topological polar surface area (TPSA) is 59.8 Å². The lowest BCUT2D eigenvalue weighted by atomic mass is 10.3. The molecule has 0 aliphatic rings. The monoisotopic (exact) mass is 228 g/mol. The van der Waals surface area contributed by atoms with Crippen LogP contribution in [0.3, 0.4) is 0 Å². The number of amides is 1. The van der Waals surface area contributed by atoms with Gasteiger partial charge in [-0.2, -0.15) is 0 Å². The van der Waals surface area contributed by atoms with Gasteiger partial charge in [0.05, 0.1) is 6.42 Å². The van der Waals surface area contributed by atoms with E-state index in [0.29, 0.717) is 11.0 Å². The van der Waals surface area contributed by atoms with Gasteiger partial charge in [0.15, 0.2) is 5.16 Å². The first-order chi connectivity index (χ1) is 7.19. The Morgan fingerprint density at radius 2 is 2.27 bits per heavy atom. The second-order valence-corrected chi connectivity index (χ2v) is 3.67. The molecule has 0 radical (unpaired) electrons. The highest BCUT2D eigenvalue weighted by Crippen LogP contribution is 2.08. The summed E-state index contributed by atoms with van der Waals surface area (Å²) in [7, 11) is 1.61. The van der Waals surface area contributed by atoms with Crippen LogP contribution in [0, 0.1) is 0 Å². The van der Waals surface area contributed by atoms with Crippen molar-refractivity contribution in [2.75, 3.05) is 7.05 Å². The van der Waals surface area contributed by atoms with Crippen molar-refractivity contribution in [3.63, 3.8) is 0 Å². The highest BCUT2D eigenvalue weighted by atomic mass is 32.1. The molecule has 0 aromatic carbocycles. The van der Waals surface area contributed by atoms with Gasteiger partial charge in [-0.25, -0.2) is 0 Å². The van der Waals surface area contributed by atoms with E-state index >= 15 is 0 Å². The highest BCUT2D eigenvalue weighted by molar-refractivity contribution is 7.80. The molecule has 1 aromatic heterocycles. The second kappa shape index (κ2) is 5.75. The van der Waals surface area contributed by atoms with Gasteiger partial charge >= 0.3 is 0 Å². The first kappa shape index (κ1) is 12.0. The number of nitrogens with zero attached hydrogens (tertiary/aromatic N) is 3. The largest absolute Gasteiger partial charge is 0.359 e. The zero-order valence-electron chi connectivity index (χ0n) is 9.03. The van der Waals surface area contributed by atoms with Crippen molar-refractivity contribution < 1.29 is 4.79 Å². The molecular weight excluding hydrogens is 212 g/mol. The Bertz CT molecular complexity index is 337. The number of carbonyl (C=O) groups is 1. The molecule has 0 saturated carbocycles. The maximum Gasteiger partial charge on any atom is 0.227 e. The third-order valence-corrected chi connectivity index (χ3v) is 2.47. The van der Waals surface area contributed by atoms with Crippen LogP contribution in [0.5, 0.6) is 0 Å². The maximum atomic E-state index is 11.2. The van der Waals surface area contributed by atoms with Gasteiger partial charge in [0.1, 0.15) is 5.82 Å². The molecule has 1 aromatic rings. The zero-order valence-corrected chi connectivity index (χ0v) is 9.92. The third-order valence-electron chi connectivity index (χ3n) is 2.14. The minimum absolute atomic E-state index is 0.0616. The number of aromatic nitrogens is 3. The first-order valence-electron chi connectivity index (χ1n) is 5.00. The van der Waals surface area contributed by atoms with Crippen molar-refractivity contribution in [2.24, 2.45) is 0 Å². The fraction of sp³-hybridized carbons (Fsp3) is 0.667. The van der Waals surface area contributed by atoms with Gasteiger partial charge in [0, 0.05) is 13.6 Å². The van der Waals surface area contributed by atoms with Crippen molar-refractivity contribution in [2.45, 2.75) is 37.9 Å². The van der Waals surface area contributed by atoms with E-state index in [1.165, 1.54) is 0 Å². The number of likely N-dealkylation sites (N-methyl/N-ethyl adjacent to an activating group) is 1. The van der Waals surface area contributed by atoms with E-state index in [1.54, 1.807) is 7.05 Å². The predicted molar refractivity (Wildman–Crippen MR) is 60.0 cm³/mol. The molecule has 1 heterocycles. The fourth-order valence-corrected chi connectivity index (χ4v) is 1.49. The van der Waals surface area contributed by atoms with Crippen molar-refractivity contribution in [1.82, 2.24) is 20.1 Å². The van der Waals surface area contributed by atoms with Gasteiger partial charge in [-0.1, -0.05) is 13.3 Å². The molecule has 15 heavy (non-hydrogen) atoms. The molecule has 0 aliphatic carbocycles. The zero-order chi connectivity index (χ0) is 11.3. The molecule has 5 nitrogen and oxygen atoms in total. The summed E-state index contributed by atoms with van der Waals surface area (Å²) >= 11 is 4.20. The molecule has 1 N–H and O–H groups in total. The van der Waals surface area contributed by atoms with Crippen LogP contribution in [0.25, 0.3) is 0 Å². The summed E-state index contributed by atoms with van der Waals surface area (Å²) in [6, 6.07) is 0. The van der Waals surface area contributed by atoms with E-state index in [9.17, 15) is 4.79 Å². The molecule has 0 aliphatic heterocycles. The fourth-order valence-electron chi connectivity index (χ4n) is 1.23. The van der Waals surface area contributed by atoms with Gasteiger partial charge in [-0.05, 0) is 6.42 Å². The van der Waals surface area contributed by atoms with Gasteiger partial charge < -0.3 is 9.88 Å². The number of thiol groups is 1. The average Bonchev–Trinajstić information content (AvgIpc) is 2.57. The van der Waals surface area contributed by atoms with E-state index in [4.69, 9.17) is 0 Å². The summed E-state index contributed by atoms with van der Waals surface area (Å²) in [5.41, 5.74) is 0. The summed E-state index contributed by atoms with van der Waals surface area (Å²) in [6.45, 7) is 2.93. The third kappa shape index (κ3) is 3.23. The van der Waals surface area contributed by atoms with Crippen LogP contribution in [0.2, 0.25) is 0 Å². The van der Waals surface area contributed by atoms with E-state index in [0.717, 1.165) is 19.4 Å². The van der Waals surface area contributed by atoms with Crippen LogP contribution in [-0.2, 0) is 17.8 Å². The minimum atomic E-state index is -0.0616. The van der Waals surface area contributed by atoms with E-state index in [-0.39, 0.29) is 12.3 Å². The molecule has 1 amide bonds. The number of carbonyl (C=O) groups excluding carboxylic acids is 1. The number of unbranched alkanes of at least 4 members (excludes halogenated alkanes) is 1. The molecule has 84 valence electrons. The summed E-state index contributed by atoms with van der Waals surface area (Å²) in [5.74, 6) is 0.612. The number of hydrogen-bond acceptors (Lipinski definition) is 4. The lowest BCUT2D eigenvalue weighted by molar-refractivity contribution is -0.120. The van der Waals surface area contributed by atoms with Crippen molar-refractivity contribution in [3.05, 3.63) is 5.82 Å². The number of rotatable bonds is 5. The molecule has 0 atom stereocenters. The van der Waals surface area contributed by atoms with Gasteiger partial charge in [0.2, 0.25) is 5.91 Å². The van der Waals surface area contributed by atoms with E-state index < -0.39 is 0 Å². The Kier molecular flexibility index (Phi) is 4.61. The average molecular weight is 228 g/mol. The lowest BCUT2D eigenvalue weighted by Gasteiger charge is -2.06. The minimum Gasteiger partial charge on any atom is -0.359 e. The molecule has 0 spiro atoms. The van der Waals surface area contributed by atoms with Crippen LogP contribution < -0.4 is 5.32 Å². The lowest BCUT2D eigenvalue weighted by Crippen LogP contribution is -2.22. The number of hydrogen-bond donors (Lipinski definition) is 2. The Morgan fingerprint density at radius 3 is 2.87 bits per heavy atom. The summed E-state index contributed by atoms with van der Waals surface area (Å²) in [5, 5.41) is 10.9. The number of nitrogens with one attached hydrogen (secondary N) is 1. The van der Waals surface area contributed by atoms with Gasteiger partial charge in [-0.3, -0.25) is 4.79 Å². The van der Waals surface area contributed by atoms with Crippen LogP contribution in [0.1, 0.15) is 25.6 Å². The molecular formula is C9H16N4OS. The van der Waals surface area contributed by atoms with Crippen LogP contribution in [-0.4, -0.2) is 27.7 Å². The summed E-state index contributed by atoms with van der Waals surface area (Å²) < 4.78 is 1.88. The molecule has 0 saturated heterocycles. The summed E-state index contributed by atoms with van der Waals surface area (Å²) in [6.07, 6.45) is 2.38. The maximum absolute atomic E-state index is 11.2. The predicted octanol–water partition coefficient (Wildman–Crippen LogP) is 0.655. The van der Waals surface area contributed by atoms with Crippen LogP contribution in [0.15, 0.2) is 5.16 Å². The molecule has 6 heteroatoms. The Labute approximate surface area is 94.7 Å². The Morgan fingerprint density at radius 1 is 1.53 bits per heavy atom. The van der Waals surface area contributed by atoms with E-state index in [2.05, 4.69) is 35.1 Å². The van der Waals surface area contributed by atoms with Crippen molar-refractivity contribution in [3.8, 4) is 0 Å². The van der Waals surface area contributed by atoms with Crippen LogP contribution in [0.4, 0.5) is 0 Å². The quantitative estimate of drug-likeness (QED) is 0.728. The van der Waals surface area contributed by atoms with Crippen LogP contribution >= 0.6 is 12.6 Å². The smallest absolute Gasteiger partial charge is 0.227 e. The highest BCUT2D eigenvalue weighted by Gasteiger charge is 2.11. The second-order valence-electron chi connectivity index (χ2n) is 3.27. The Balaban J connectivity index is 2.74. The Hall–Kier alpha value is -1.04. The van der Waals surface area contributed by atoms with E-state index in [1.807, 2.05) is 4.57 Å². The van der Waals surface area contributed by atoms with Crippen molar-refractivity contribution in [1.29, 1.82) is 0 Å². The van der Waals surface area contributed by atoms with Gasteiger partial charge in [0.25, 0.3) is 0 Å². The first-order valence-corrected chi connectivity index (χ1v) is 5.45. The molecule has 0 unspecified atom stereocenters. The molecule has 1 rings (SSSR count). The standard InChI is InChI=1S/C9H16N4OS/c1-3-4-5-13-7(6-8(14)10-2)11-12-9(13)15/h3-6H2,1-2H3,(H,10,14)(H,12,15). The molecule has 0 bridgehead atoms. The van der Waals surface area contributed by atoms with Crippen molar-refractivity contribution >= 4 is 18.5 Å². The SMILES string of the molecule is CCCCn1c(S)nnc1CC(=O)NC. The normalized spacial score (nSPS) is 10.3.